The minimum atomic E-state index is -1.000. The van der Waals surface area contributed by atoms with Crippen molar-refractivity contribution in [3.63, 3.8) is 0 Å². The molecule has 3 heterocycles. The van der Waals surface area contributed by atoms with Gasteiger partial charge in [-0.2, -0.15) is 0 Å². The first-order valence-corrected chi connectivity index (χ1v) is 14.1. The van der Waals surface area contributed by atoms with Crippen LogP contribution >= 0.6 is 11.3 Å². The first kappa shape index (κ1) is 28.5. The zero-order chi connectivity index (χ0) is 29.1. The monoisotopic (exact) mass is 577 g/mol. The smallest absolute Gasteiger partial charge is 0.243 e. The summed E-state index contributed by atoms with van der Waals surface area (Å²) in [6, 6.07) is 13.4. The van der Waals surface area contributed by atoms with Gasteiger partial charge in [0.1, 0.15) is 17.7 Å². The minimum absolute atomic E-state index is 0.0333. The third-order valence-electron chi connectivity index (χ3n) is 7.25. The standard InChI is InChI=1S/C30H32FN5O4S/c1-18-3-8-24(25(31)11-18)21-6-4-20(5-7-21)19(2)34-15-27(37)36-17-30(39-9-10-40-30)13-26(36)29(38)35-14-23-12-22(16-41-23)28(32)33/h3-8,11-12,16,26,34H,2,9-10,13-15,17H2,1H3,(H3,32,33)(H,35,38)/t26-/m0/s1. The molecule has 1 aromatic heterocycles. The van der Waals surface area contributed by atoms with E-state index in [1.807, 2.05) is 37.3 Å². The molecule has 2 aliphatic heterocycles. The summed E-state index contributed by atoms with van der Waals surface area (Å²) in [6.45, 7) is 7.00. The van der Waals surface area contributed by atoms with Crippen molar-refractivity contribution in [1.29, 1.82) is 5.41 Å². The van der Waals surface area contributed by atoms with Crippen LogP contribution in [0, 0.1) is 18.2 Å². The lowest BCUT2D eigenvalue weighted by molar-refractivity contribution is -0.152. The Kier molecular flexibility index (Phi) is 8.20. The normalized spacial score (nSPS) is 17.5. The first-order chi connectivity index (χ1) is 19.6. The van der Waals surface area contributed by atoms with Crippen molar-refractivity contribution in [2.45, 2.75) is 31.7 Å². The van der Waals surface area contributed by atoms with Gasteiger partial charge in [-0.05, 0) is 35.7 Å². The molecule has 3 aromatic rings. The van der Waals surface area contributed by atoms with Crippen molar-refractivity contribution in [1.82, 2.24) is 15.5 Å². The summed E-state index contributed by atoms with van der Waals surface area (Å²) < 4.78 is 26.0. The summed E-state index contributed by atoms with van der Waals surface area (Å²) >= 11 is 1.39. The van der Waals surface area contributed by atoms with E-state index in [4.69, 9.17) is 20.6 Å². The second kappa shape index (κ2) is 11.8. The van der Waals surface area contributed by atoms with Crippen LogP contribution in [0.2, 0.25) is 0 Å². The topological polar surface area (TPSA) is 130 Å². The number of nitrogens with one attached hydrogen (secondary N) is 3. The van der Waals surface area contributed by atoms with Gasteiger partial charge in [0.15, 0.2) is 5.79 Å². The zero-order valence-electron chi connectivity index (χ0n) is 22.7. The Morgan fingerprint density at radius 1 is 1.15 bits per heavy atom. The summed E-state index contributed by atoms with van der Waals surface area (Å²) in [5.41, 5.74) is 9.52. The minimum Gasteiger partial charge on any atom is -0.384 e. The molecule has 2 saturated heterocycles. The number of hydrogen-bond donors (Lipinski definition) is 4. The van der Waals surface area contributed by atoms with Crippen molar-refractivity contribution < 1.29 is 23.5 Å². The predicted octanol–water partition coefficient (Wildman–Crippen LogP) is 3.37. The van der Waals surface area contributed by atoms with E-state index in [1.165, 1.54) is 22.3 Å². The fourth-order valence-electron chi connectivity index (χ4n) is 5.04. The molecule has 0 saturated carbocycles. The summed E-state index contributed by atoms with van der Waals surface area (Å²) in [4.78, 5) is 28.9. The number of benzene rings is 2. The Hall–Kier alpha value is -4.06. The number of amidine groups is 1. The number of hydrogen-bond acceptors (Lipinski definition) is 7. The molecule has 41 heavy (non-hydrogen) atoms. The van der Waals surface area contributed by atoms with Crippen LogP contribution in [0.1, 0.15) is 28.0 Å². The van der Waals surface area contributed by atoms with Gasteiger partial charge in [-0.15, -0.1) is 11.3 Å². The van der Waals surface area contributed by atoms with E-state index in [9.17, 15) is 14.0 Å². The summed E-state index contributed by atoms with van der Waals surface area (Å²) in [6.07, 6.45) is 0.228. The van der Waals surface area contributed by atoms with Crippen LogP contribution in [0.4, 0.5) is 4.39 Å². The van der Waals surface area contributed by atoms with Gasteiger partial charge in [0.2, 0.25) is 11.8 Å². The van der Waals surface area contributed by atoms with Crippen LogP contribution in [0.25, 0.3) is 16.8 Å². The lowest BCUT2D eigenvalue weighted by Crippen LogP contribution is -2.48. The number of ether oxygens (including phenoxy) is 2. The quantitative estimate of drug-likeness (QED) is 0.228. The molecule has 11 heteroatoms. The highest BCUT2D eigenvalue weighted by molar-refractivity contribution is 7.10. The predicted molar refractivity (Wildman–Crippen MR) is 156 cm³/mol. The summed E-state index contributed by atoms with van der Waals surface area (Å²) in [7, 11) is 0. The number of aryl methyl sites for hydroxylation is 1. The molecule has 5 N–H and O–H groups in total. The van der Waals surface area contributed by atoms with Crippen LogP contribution < -0.4 is 16.4 Å². The van der Waals surface area contributed by atoms with Crippen molar-refractivity contribution in [3.05, 3.63) is 87.9 Å². The lowest BCUT2D eigenvalue weighted by Gasteiger charge is -2.24. The number of nitrogens with two attached hydrogens (primary N) is 1. The molecule has 1 spiro atoms. The second-order valence-electron chi connectivity index (χ2n) is 10.2. The second-order valence-corrected chi connectivity index (χ2v) is 11.2. The maximum absolute atomic E-state index is 14.4. The fourth-order valence-corrected chi connectivity index (χ4v) is 5.86. The number of rotatable bonds is 9. The highest BCUT2D eigenvalue weighted by Gasteiger charge is 2.52. The largest absolute Gasteiger partial charge is 0.384 e. The number of carbonyl (C=O) groups is 2. The molecule has 1 atom stereocenters. The molecule has 2 aliphatic rings. The number of halogens is 1. The summed E-state index contributed by atoms with van der Waals surface area (Å²) in [5.74, 6) is -1.93. The SMILES string of the molecule is C=C(NCC(=O)N1CC2(C[C@H]1C(=O)NCc1cc(C(=N)N)cs1)OCCO2)c1ccc(-c2ccc(C)cc2F)cc1. The molecule has 0 unspecified atom stereocenters. The highest BCUT2D eigenvalue weighted by Crippen LogP contribution is 2.35. The molecule has 5 rings (SSSR count). The zero-order valence-corrected chi connectivity index (χ0v) is 23.5. The molecular weight excluding hydrogens is 545 g/mol. The number of nitrogen functional groups attached to an aromatic ring is 1. The van der Waals surface area contributed by atoms with E-state index in [-0.39, 0.29) is 49.5 Å². The van der Waals surface area contributed by atoms with E-state index in [1.54, 1.807) is 17.5 Å². The highest BCUT2D eigenvalue weighted by atomic mass is 32.1. The van der Waals surface area contributed by atoms with Crippen molar-refractivity contribution in [2.75, 3.05) is 26.3 Å². The van der Waals surface area contributed by atoms with Gasteiger partial charge < -0.3 is 30.7 Å². The molecule has 0 bridgehead atoms. The van der Waals surface area contributed by atoms with Crippen LogP contribution in [0.5, 0.6) is 0 Å². The molecule has 9 nitrogen and oxygen atoms in total. The van der Waals surface area contributed by atoms with E-state index >= 15 is 0 Å². The maximum Gasteiger partial charge on any atom is 0.243 e. The lowest BCUT2D eigenvalue weighted by atomic mass is 10.0. The Morgan fingerprint density at radius 3 is 2.54 bits per heavy atom. The Labute approximate surface area is 241 Å². The molecule has 2 aromatic carbocycles. The number of likely N-dealkylation sites (tertiary alicyclic amines) is 1. The van der Waals surface area contributed by atoms with Crippen molar-refractivity contribution >= 4 is 34.7 Å². The average Bonchev–Trinajstić information content (AvgIpc) is 3.71. The molecule has 0 aliphatic carbocycles. The number of carbonyl (C=O) groups excluding carboxylic acids is 2. The van der Waals surface area contributed by atoms with Gasteiger partial charge in [-0.1, -0.05) is 43.0 Å². The van der Waals surface area contributed by atoms with Crippen LogP contribution in [0.15, 0.2) is 60.5 Å². The third kappa shape index (κ3) is 6.32. The van der Waals surface area contributed by atoms with E-state index in [0.29, 0.717) is 30.0 Å². The van der Waals surface area contributed by atoms with Crippen LogP contribution in [0.3, 0.4) is 0 Å². The van der Waals surface area contributed by atoms with Crippen LogP contribution in [-0.2, 0) is 25.6 Å². The fraction of sp³-hybridized carbons (Fsp3) is 0.300. The van der Waals surface area contributed by atoms with Crippen molar-refractivity contribution in [2.24, 2.45) is 5.73 Å². The van der Waals surface area contributed by atoms with Gasteiger partial charge in [-0.25, -0.2) is 4.39 Å². The molecule has 0 radical (unpaired) electrons. The Balaban J connectivity index is 1.21. The van der Waals surface area contributed by atoms with Crippen molar-refractivity contribution in [3.8, 4) is 11.1 Å². The van der Waals surface area contributed by atoms with Crippen LogP contribution in [-0.4, -0.2) is 60.7 Å². The van der Waals surface area contributed by atoms with Gasteiger partial charge >= 0.3 is 0 Å². The van der Waals surface area contributed by atoms with Gasteiger partial charge in [-0.3, -0.25) is 15.0 Å². The Bertz CT molecular complexity index is 1480. The van der Waals surface area contributed by atoms with Gasteiger partial charge in [0.05, 0.1) is 32.8 Å². The molecule has 2 amide bonds. The van der Waals surface area contributed by atoms with E-state index in [0.717, 1.165) is 21.6 Å². The molecule has 214 valence electrons. The van der Waals surface area contributed by atoms with E-state index in [2.05, 4.69) is 17.2 Å². The third-order valence-corrected chi connectivity index (χ3v) is 8.19. The molecule has 2 fully saturated rings. The average molecular weight is 578 g/mol. The first-order valence-electron chi connectivity index (χ1n) is 13.2. The number of thiophene rings is 1. The number of amides is 2. The maximum atomic E-state index is 14.4. The van der Waals surface area contributed by atoms with Gasteiger partial charge in [0.25, 0.3) is 0 Å². The number of nitrogens with zero attached hydrogens (tertiary/aromatic N) is 1. The van der Waals surface area contributed by atoms with Gasteiger partial charge in [0, 0.05) is 33.5 Å². The Morgan fingerprint density at radius 2 is 1.88 bits per heavy atom. The van der Waals surface area contributed by atoms with E-state index < -0.39 is 11.8 Å². The summed E-state index contributed by atoms with van der Waals surface area (Å²) in [5, 5.41) is 15.3. The molecular formula is C30H32FN5O4S.